The Labute approximate surface area is 180 Å². The number of hydrogen-bond acceptors (Lipinski definition) is 7. The summed E-state index contributed by atoms with van der Waals surface area (Å²) in [6.45, 7) is 0. The number of non-ortho nitro benzene ring substituents is 1. The molecule has 0 fully saturated rings. The molecule has 1 heterocycles. The van der Waals surface area contributed by atoms with E-state index in [9.17, 15) is 15.2 Å². The Kier molecular flexibility index (Phi) is 4.61. The molecule has 0 aliphatic carbocycles. The lowest BCUT2D eigenvalue weighted by atomic mass is 10.0. The third kappa shape index (κ3) is 3.49. The number of phenolic OH excluding ortho intramolecular Hbond substituents is 1. The van der Waals surface area contributed by atoms with Crippen molar-refractivity contribution in [2.24, 2.45) is 10.2 Å². The molecule has 5 aromatic rings. The second kappa shape index (κ2) is 7.58. The van der Waals surface area contributed by atoms with Gasteiger partial charge in [-0.25, -0.2) is 4.98 Å². The number of thiazole rings is 1. The molecule has 4 aromatic carbocycles. The summed E-state index contributed by atoms with van der Waals surface area (Å²) < 4.78 is 1.03. The summed E-state index contributed by atoms with van der Waals surface area (Å²) >= 11 is 1.49. The molecule has 0 bridgehead atoms. The molecule has 5 rings (SSSR count). The number of hydrogen-bond donors (Lipinski definition) is 1. The lowest BCUT2D eigenvalue weighted by molar-refractivity contribution is -0.384. The first kappa shape index (κ1) is 18.8. The van der Waals surface area contributed by atoms with E-state index in [2.05, 4.69) is 15.2 Å². The summed E-state index contributed by atoms with van der Waals surface area (Å²) in [6.07, 6.45) is 0. The van der Waals surface area contributed by atoms with Crippen LogP contribution in [0.1, 0.15) is 0 Å². The molecular formula is C23H14N4O3S. The number of azo groups is 1. The summed E-state index contributed by atoms with van der Waals surface area (Å²) in [7, 11) is 0. The number of fused-ring (bicyclic) bond motifs is 2. The molecule has 0 aliphatic rings. The smallest absolute Gasteiger partial charge is 0.269 e. The lowest BCUT2D eigenvalue weighted by Gasteiger charge is -2.08. The molecule has 1 aromatic heterocycles. The highest BCUT2D eigenvalue weighted by molar-refractivity contribution is 7.21. The lowest BCUT2D eigenvalue weighted by Crippen LogP contribution is -1.85. The van der Waals surface area contributed by atoms with E-state index in [0.29, 0.717) is 21.9 Å². The molecule has 0 saturated carbocycles. The van der Waals surface area contributed by atoms with Crippen LogP contribution in [0, 0.1) is 10.1 Å². The second-order valence-corrected chi connectivity index (χ2v) is 7.83. The third-order valence-corrected chi connectivity index (χ3v) is 5.92. The minimum absolute atomic E-state index is 0.0107. The number of phenols is 1. The van der Waals surface area contributed by atoms with Crippen LogP contribution in [0.3, 0.4) is 0 Å². The van der Waals surface area contributed by atoms with Gasteiger partial charge in [-0.3, -0.25) is 10.1 Å². The van der Waals surface area contributed by atoms with E-state index in [1.54, 1.807) is 0 Å². The first-order valence-corrected chi connectivity index (χ1v) is 10.2. The van der Waals surface area contributed by atoms with Gasteiger partial charge in [-0.15, -0.1) is 16.5 Å². The standard InChI is InChI=1S/C23H14N4O3S/c28-22-18(23-24-19-7-3-4-8-20(19)31-23)13-14-5-1-2-6-17(14)21(22)26-25-15-9-11-16(12-10-15)27(29)30/h1-13,28H. The van der Waals surface area contributed by atoms with Gasteiger partial charge >= 0.3 is 0 Å². The Morgan fingerprint density at radius 3 is 2.45 bits per heavy atom. The second-order valence-electron chi connectivity index (χ2n) is 6.80. The largest absolute Gasteiger partial charge is 0.505 e. The zero-order valence-electron chi connectivity index (χ0n) is 16.0. The van der Waals surface area contributed by atoms with E-state index in [1.807, 2.05) is 54.6 Å². The summed E-state index contributed by atoms with van der Waals surface area (Å²) in [5.74, 6) is -0.0107. The number of para-hydroxylation sites is 1. The molecule has 150 valence electrons. The van der Waals surface area contributed by atoms with Crippen molar-refractivity contribution in [2.45, 2.75) is 0 Å². The molecular weight excluding hydrogens is 412 g/mol. The third-order valence-electron chi connectivity index (χ3n) is 4.85. The zero-order valence-corrected chi connectivity index (χ0v) is 16.8. The summed E-state index contributed by atoms with van der Waals surface area (Å²) in [5, 5.41) is 32.7. The number of benzene rings is 4. The number of rotatable bonds is 4. The van der Waals surface area contributed by atoms with Crippen LogP contribution in [0.15, 0.2) is 89.1 Å². The Morgan fingerprint density at radius 2 is 1.68 bits per heavy atom. The van der Waals surface area contributed by atoms with Crippen molar-refractivity contribution in [3.63, 3.8) is 0 Å². The van der Waals surface area contributed by atoms with Crippen molar-refractivity contribution < 1.29 is 10.0 Å². The molecule has 0 saturated heterocycles. The molecule has 31 heavy (non-hydrogen) atoms. The number of aromatic nitrogens is 1. The van der Waals surface area contributed by atoms with E-state index in [0.717, 1.165) is 21.0 Å². The molecule has 0 unspecified atom stereocenters. The molecule has 8 heteroatoms. The van der Waals surface area contributed by atoms with Crippen LogP contribution in [0.25, 0.3) is 31.6 Å². The van der Waals surface area contributed by atoms with Gasteiger partial charge in [0.05, 0.1) is 26.4 Å². The first-order valence-electron chi connectivity index (χ1n) is 9.37. The van der Waals surface area contributed by atoms with Crippen LogP contribution in [-0.4, -0.2) is 15.0 Å². The van der Waals surface area contributed by atoms with Gasteiger partial charge in [0.15, 0.2) is 5.75 Å². The van der Waals surface area contributed by atoms with Crippen molar-refractivity contribution in [1.29, 1.82) is 0 Å². The fourth-order valence-corrected chi connectivity index (χ4v) is 4.30. The maximum atomic E-state index is 11.1. The normalized spacial score (nSPS) is 11.5. The molecule has 0 amide bonds. The predicted octanol–water partition coefficient (Wildman–Crippen LogP) is 7.15. The highest BCUT2D eigenvalue weighted by atomic mass is 32.1. The summed E-state index contributed by atoms with van der Waals surface area (Å²) in [6, 6.07) is 23.0. The number of nitrogens with zero attached hydrogens (tertiary/aromatic N) is 4. The van der Waals surface area contributed by atoms with Gasteiger partial charge in [0, 0.05) is 17.5 Å². The highest BCUT2D eigenvalue weighted by Gasteiger charge is 2.17. The van der Waals surface area contributed by atoms with E-state index in [1.165, 1.54) is 35.6 Å². The Bertz CT molecular complexity index is 1440. The van der Waals surface area contributed by atoms with Crippen LogP contribution in [0.5, 0.6) is 5.75 Å². The van der Waals surface area contributed by atoms with Crippen LogP contribution in [0.2, 0.25) is 0 Å². The van der Waals surface area contributed by atoms with Gasteiger partial charge < -0.3 is 5.11 Å². The van der Waals surface area contributed by atoms with E-state index in [4.69, 9.17) is 0 Å². The van der Waals surface area contributed by atoms with Gasteiger partial charge in [-0.1, -0.05) is 36.4 Å². The van der Waals surface area contributed by atoms with Gasteiger partial charge in [-0.05, 0) is 35.7 Å². The van der Waals surface area contributed by atoms with Gasteiger partial charge in [0.2, 0.25) is 0 Å². The van der Waals surface area contributed by atoms with Crippen LogP contribution >= 0.6 is 11.3 Å². The number of nitro groups is 1. The fourth-order valence-electron chi connectivity index (χ4n) is 3.32. The fraction of sp³-hybridized carbons (Fsp3) is 0. The van der Waals surface area contributed by atoms with E-state index >= 15 is 0 Å². The predicted molar refractivity (Wildman–Crippen MR) is 121 cm³/mol. The average Bonchev–Trinajstić information content (AvgIpc) is 3.22. The maximum Gasteiger partial charge on any atom is 0.269 e. The Morgan fingerprint density at radius 1 is 0.935 bits per heavy atom. The van der Waals surface area contributed by atoms with E-state index < -0.39 is 4.92 Å². The molecule has 0 atom stereocenters. The minimum atomic E-state index is -0.471. The van der Waals surface area contributed by atoms with Gasteiger partial charge in [-0.2, -0.15) is 5.11 Å². The van der Waals surface area contributed by atoms with Crippen molar-refractivity contribution in [1.82, 2.24) is 4.98 Å². The SMILES string of the molecule is O=[N+]([O-])c1ccc(N=Nc2c(O)c(-c3nc4ccccc4s3)cc3ccccc23)cc1. The average molecular weight is 426 g/mol. The zero-order chi connectivity index (χ0) is 21.4. The van der Waals surface area contributed by atoms with Crippen molar-refractivity contribution in [3.05, 3.63) is 89.0 Å². The quantitative estimate of drug-likeness (QED) is 0.187. The van der Waals surface area contributed by atoms with Gasteiger partial charge in [0.25, 0.3) is 5.69 Å². The Hall–Kier alpha value is -4.17. The highest BCUT2D eigenvalue weighted by Crippen LogP contribution is 2.45. The maximum absolute atomic E-state index is 11.1. The summed E-state index contributed by atoms with van der Waals surface area (Å²) in [5.41, 5.74) is 2.19. The topological polar surface area (TPSA) is 101 Å². The van der Waals surface area contributed by atoms with Gasteiger partial charge in [0.1, 0.15) is 10.7 Å². The van der Waals surface area contributed by atoms with Crippen LogP contribution < -0.4 is 0 Å². The number of aromatic hydroxyl groups is 1. The Balaban J connectivity index is 1.64. The van der Waals surface area contributed by atoms with Crippen molar-refractivity contribution in [3.8, 4) is 16.3 Å². The molecule has 1 N–H and O–H groups in total. The van der Waals surface area contributed by atoms with Crippen LogP contribution in [-0.2, 0) is 0 Å². The summed E-state index contributed by atoms with van der Waals surface area (Å²) in [4.78, 5) is 15.0. The van der Waals surface area contributed by atoms with Crippen LogP contribution in [0.4, 0.5) is 17.1 Å². The molecule has 7 nitrogen and oxygen atoms in total. The molecule has 0 radical (unpaired) electrons. The monoisotopic (exact) mass is 426 g/mol. The molecule has 0 aliphatic heterocycles. The van der Waals surface area contributed by atoms with Crippen molar-refractivity contribution >= 4 is 49.4 Å². The van der Waals surface area contributed by atoms with Crippen molar-refractivity contribution in [2.75, 3.05) is 0 Å². The van der Waals surface area contributed by atoms with E-state index in [-0.39, 0.29) is 11.4 Å². The minimum Gasteiger partial charge on any atom is -0.505 e. The molecule has 0 spiro atoms. The number of nitro benzene ring substituents is 1. The first-order chi connectivity index (χ1) is 15.1.